The van der Waals surface area contributed by atoms with Crippen molar-refractivity contribution < 1.29 is 9.57 Å². The number of hydrogen-bond acceptors (Lipinski definition) is 4. The molecule has 64 valence electrons. The van der Waals surface area contributed by atoms with Crippen molar-refractivity contribution in [2.75, 3.05) is 27.4 Å². The molecular weight excluding hydrogens is 162 g/mol. The van der Waals surface area contributed by atoms with Gasteiger partial charge < -0.3 is 4.74 Å². The van der Waals surface area contributed by atoms with Crippen LogP contribution in [0, 0.1) is 0 Å². The maximum Gasteiger partial charge on any atom is 0.0791 e. The molecule has 0 atom stereocenters. The molecule has 0 saturated carbocycles. The molecule has 0 aromatic rings. The van der Waals surface area contributed by atoms with Gasteiger partial charge >= 0.3 is 0 Å². The highest BCUT2D eigenvalue weighted by atomic mass is 32.1. The van der Waals surface area contributed by atoms with Gasteiger partial charge in [0.15, 0.2) is 0 Å². The largest absolute Gasteiger partial charge is 0.376 e. The van der Waals surface area contributed by atoms with E-state index in [1.54, 1.807) is 12.2 Å². The zero-order valence-electron chi connectivity index (χ0n) is 6.83. The van der Waals surface area contributed by atoms with Crippen LogP contribution in [0.1, 0.15) is 6.42 Å². The first-order chi connectivity index (χ1) is 5.25. The van der Waals surface area contributed by atoms with Gasteiger partial charge in [0.1, 0.15) is 0 Å². The SMILES string of the molecule is CON(C)C1=C(S)COCC1. The molecule has 0 aromatic carbocycles. The van der Waals surface area contributed by atoms with Crippen LogP contribution < -0.4 is 0 Å². The minimum Gasteiger partial charge on any atom is -0.376 e. The summed E-state index contributed by atoms with van der Waals surface area (Å²) in [4.78, 5) is 5.99. The summed E-state index contributed by atoms with van der Waals surface area (Å²) < 4.78 is 5.19. The number of ether oxygens (including phenoxy) is 1. The molecule has 0 spiro atoms. The molecule has 0 amide bonds. The van der Waals surface area contributed by atoms with Gasteiger partial charge in [-0.05, 0) is 0 Å². The van der Waals surface area contributed by atoms with Crippen LogP contribution in [0.3, 0.4) is 0 Å². The zero-order valence-corrected chi connectivity index (χ0v) is 7.73. The Kier molecular flexibility index (Phi) is 3.23. The molecule has 0 aromatic heterocycles. The topological polar surface area (TPSA) is 21.7 Å². The Morgan fingerprint density at radius 1 is 1.64 bits per heavy atom. The van der Waals surface area contributed by atoms with Crippen molar-refractivity contribution in [2.45, 2.75) is 6.42 Å². The second kappa shape index (κ2) is 3.99. The summed E-state index contributed by atoms with van der Waals surface area (Å²) in [7, 11) is 3.51. The molecule has 0 N–H and O–H groups in total. The molecule has 1 aliphatic rings. The standard InChI is InChI=1S/C7H13NO2S/c1-8(9-2)6-3-4-10-5-7(6)11/h11H,3-5H2,1-2H3. The monoisotopic (exact) mass is 175 g/mol. The predicted octanol–water partition coefficient (Wildman–Crippen LogP) is 1.04. The number of rotatable bonds is 2. The quantitative estimate of drug-likeness (QED) is 0.500. The van der Waals surface area contributed by atoms with Gasteiger partial charge in [-0.25, -0.2) is 0 Å². The molecule has 11 heavy (non-hydrogen) atoms. The molecule has 0 unspecified atom stereocenters. The Labute approximate surface area is 72.3 Å². The van der Waals surface area contributed by atoms with E-state index >= 15 is 0 Å². The fourth-order valence-electron chi connectivity index (χ4n) is 1.01. The van der Waals surface area contributed by atoms with Crippen LogP contribution in [-0.4, -0.2) is 32.4 Å². The third-order valence-corrected chi connectivity index (χ3v) is 2.10. The maximum absolute atomic E-state index is 5.19. The van der Waals surface area contributed by atoms with E-state index in [2.05, 4.69) is 12.6 Å². The zero-order chi connectivity index (χ0) is 8.27. The highest BCUT2D eigenvalue weighted by Gasteiger charge is 2.13. The van der Waals surface area contributed by atoms with Crippen LogP contribution in [0.15, 0.2) is 10.6 Å². The van der Waals surface area contributed by atoms with Crippen LogP contribution in [0.25, 0.3) is 0 Å². The molecule has 1 heterocycles. The molecule has 0 fully saturated rings. The Morgan fingerprint density at radius 3 is 2.91 bits per heavy atom. The third-order valence-electron chi connectivity index (χ3n) is 1.71. The van der Waals surface area contributed by atoms with Crippen molar-refractivity contribution in [2.24, 2.45) is 0 Å². The molecule has 1 rings (SSSR count). The Hall–Kier alpha value is -0.190. The number of hydrogen-bond donors (Lipinski definition) is 1. The molecule has 1 aliphatic heterocycles. The summed E-state index contributed by atoms with van der Waals surface area (Å²) in [6.45, 7) is 1.36. The van der Waals surface area contributed by atoms with Gasteiger partial charge in [-0.2, -0.15) is 0 Å². The van der Waals surface area contributed by atoms with Crippen molar-refractivity contribution in [3.63, 3.8) is 0 Å². The molecule has 0 bridgehead atoms. The van der Waals surface area contributed by atoms with Crippen LogP contribution in [0.5, 0.6) is 0 Å². The first-order valence-electron chi connectivity index (χ1n) is 3.52. The number of nitrogens with zero attached hydrogens (tertiary/aromatic N) is 1. The Balaban J connectivity index is 2.65. The minimum atomic E-state index is 0.603. The van der Waals surface area contributed by atoms with E-state index in [1.165, 1.54) is 0 Å². The lowest BCUT2D eigenvalue weighted by Crippen LogP contribution is -2.22. The summed E-state index contributed by atoms with van der Waals surface area (Å²) in [5.41, 5.74) is 1.11. The van der Waals surface area contributed by atoms with E-state index < -0.39 is 0 Å². The second-order valence-electron chi connectivity index (χ2n) is 2.38. The van der Waals surface area contributed by atoms with Gasteiger partial charge in [-0.15, -0.1) is 12.6 Å². The van der Waals surface area contributed by atoms with E-state index in [4.69, 9.17) is 9.57 Å². The molecule has 4 heteroatoms. The van der Waals surface area contributed by atoms with E-state index in [0.717, 1.165) is 23.6 Å². The lowest BCUT2D eigenvalue weighted by atomic mass is 10.2. The first-order valence-corrected chi connectivity index (χ1v) is 3.97. The van der Waals surface area contributed by atoms with E-state index in [-0.39, 0.29) is 0 Å². The smallest absolute Gasteiger partial charge is 0.0791 e. The van der Waals surface area contributed by atoms with Gasteiger partial charge in [0.25, 0.3) is 0 Å². The summed E-state index contributed by atoms with van der Waals surface area (Å²) in [5, 5.41) is 1.73. The lowest BCUT2D eigenvalue weighted by molar-refractivity contribution is -0.0855. The predicted molar refractivity (Wildman–Crippen MR) is 46.2 cm³/mol. The Bertz CT molecular complexity index is 170. The van der Waals surface area contributed by atoms with Crippen molar-refractivity contribution in [3.8, 4) is 0 Å². The summed E-state index contributed by atoms with van der Waals surface area (Å²) >= 11 is 4.28. The first kappa shape index (κ1) is 8.90. The van der Waals surface area contributed by atoms with Gasteiger partial charge in [-0.3, -0.25) is 9.90 Å². The van der Waals surface area contributed by atoms with E-state index in [0.29, 0.717) is 6.61 Å². The van der Waals surface area contributed by atoms with Gasteiger partial charge in [0.05, 0.1) is 26.0 Å². The minimum absolute atomic E-state index is 0.603. The molecular formula is C7H13NO2S. The van der Waals surface area contributed by atoms with E-state index in [1.807, 2.05) is 7.05 Å². The number of thiol groups is 1. The average Bonchev–Trinajstić information content (AvgIpc) is 2.04. The van der Waals surface area contributed by atoms with Gasteiger partial charge in [-0.1, -0.05) is 0 Å². The maximum atomic E-state index is 5.19. The van der Waals surface area contributed by atoms with Crippen molar-refractivity contribution in [1.29, 1.82) is 0 Å². The van der Waals surface area contributed by atoms with Gasteiger partial charge in [0, 0.05) is 18.4 Å². The Morgan fingerprint density at radius 2 is 2.36 bits per heavy atom. The normalized spacial score (nSPS) is 18.8. The van der Waals surface area contributed by atoms with E-state index in [9.17, 15) is 0 Å². The van der Waals surface area contributed by atoms with Gasteiger partial charge in [0.2, 0.25) is 0 Å². The van der Waals surface area contributed by atoms with Crippen LogP contribution in [0.2, 0.25) is 0 Å². The summed E-state index contributed by atoms with van der Waals surface area (Å²) in [5.74, 6) is 0. The average molecular weight is 175 g/mol. The molecule has 0 aliphatic carbocycles. The highest BCUT2D eigenvalue weighted by Crippen LogP contribution is 2.20. The fourth-order valence-corrected chi connectivity index (χ4v) is 1.36. The lowest BCUT2D eigenvalue weighted by Gasteiger charge is -2.25. The van der Waals surface area contributed by atoms with Crippen LogP contribution in [0.4, 0.5) is 0 Å². The molecule has 0 saturated heterocycles. The summed E-state index contributed by atoms with van der Waals surface area (Å²) in [6.07, 6.45) is 0.878. The van der Waals surface area contributed by atoms with Crippen LogP contribution >= 0.6 is 12.6 Å². The third kappa shape index (κ3) is 2.12. The molecule has 3 nitrogen and oxygen atoms in total. The van der Waals surface area contributed by atoms with Crippen molar-refractivity contribution in [3.05, 3.63) is 10.6 Å². The van der Waals surface area contributed by atoms with Crippen molar-refractivity contribution in [1.82, 2.24) is 5.06 Å². The fraction of sp³-hybridized carbons (Fsp3) is 0.714. The second-order valence-corrected chi connectivity index (χ2v) is 2.92. The number of hydroxylamine groups is 2. The summed E-state index contributed by atoms with van der Waals surface area (Å²) in [6, 6.07) is 0. The van der Waals surface area contributed by atoms with Crippen molar-refractivity contribution >= 4 is 12.6 Å². The molecule has 0 radical (unpaired) electrons. The highest BCUT2D eigenvalue weighted by molar-refractivity contribution is 7.84. The van der Waals surface area contributed by atoms with Crippen LogP contribution in [-0.2, 0) is 9.57 Å².